The molecule has 1 fully saturated rings. The Balaban J connectivity index is 2.43. The van der Waals surface area contributed by atoms with Gasteiger partial charge in [-0.25, -0.2) is 0 Å². The summed E-state index contributed by atoms with van der Waals surface area (Å²) in [5.41, 5.74) is 4.95. The number of hydrogen-bond donors (Lipinski definition) is 1. The van der Waals surface area contributed by atoms with E-state index in [1.807, 2.05) is 0 Å². The number of rotatable bonds is 6. The number of hydrogen-bond acceptors (Lipinski definition) is 9. The Morgan fingerprint density at radius 1 is 1.36 bits per heavy atom. The molecule has 0 radical (unpaired) electrons. The van der Waals surface area contributed by atoms with Crippen LogP contribution in [0.2, 0.25) is 0 Å². The minimum absolute atomic E-state index is 0.0448. The largest absolute Gasteiger partial charge is 0.455 e. The molecule has 0 spiro atoms. The van der Waals surface area contributed by atoms with Gasteiger partial charge in [0.1, 0.15) is 18.5 Å². The smallest absolute Gasteiger partial charge is 0.436 e. The Morgan fingerprint density at radius 2 is 2.00 bits per heavy atom. The van der Waals surface area contributed by atoms with Crippen LogP contribution in [0.5, 0.6) is 0 Å². The van der Waals surface area contributed by atoms with Gasteiger partial charge in [-0.1, -0.05) is 18.8 Å². The van der Waals surface area contributed by atoms with Crippen molar-refractivity contribution in [2.45, 2.75) is 59.2 Å². The molecule has 1 aliphatic rings. The summed E-state index contributed by atoms with van der Waals surface area (Å²) in [6, 6.07) is 0. The highest BCUT2D eigenvalue weighted by Crippen LogP contribution is 2.37. The molecule has 0 aliphatic carbocycles. The molecule has 11 heteroatoms. The molecule has 2 rings (SSSR count). The third-order valence-electron chi connectivity index (χ3n) is 4.18. The summed E-state index contributed by atoms with van der Waals surface area (Å²) in [7, 11) is 0. The molecule has 2 heterocycles. The van der Waals surface area contributed by atoms with Crippen molar-refractivity contribution in [3.63, 3.8) is 0 Å². The van der Waals surface area contributed by atoms with Crippen LogP contribution in [0.1, 0.15) is 40.8 Å². The van der Waals surface area contributed by atoms with Crippen LogP contribution in [0.4, 0.5) is 5.95 Å². The molecule has 11 nitrogen and oxygen atoms in total. The number of nitrogens with zero attached hydrogens (tertiary/aromatic N) is 3. The molecule has 1 aromatic rings. The normalized spacial score (nSPS) is 25.0. The molecule has 2 unspecified atom stereocenters. The Bertz CT molecular complexity index is 740. The number of ether oxygens (including phenoxy) is 3. The fraction of sp³-hybridized carbons (Fsp3) is 0.706. The van der Waals surface area contributed by atoms with E-state index in [-0.39, 0.29) is 6.54 Å². The Kier molecular flexibility index (Phi) is 6.40. The average molecular weight is 398 g/mol. The molecule has 0 amide bonds. The van der Waals surface area contributed by atoms with Crippen LogP contribution < -0.4 is 5.73 Å². The predicted octanol–water partition coefficient (Wildman–Crippen LogP) is 1.17. The number of nitro groups is 1. The zero-order valence-corrected chi connectivity index (χ0v) is 16.5. The van der Waals surface area contributed by atoms with Crippen molar-refractivity contribution in [3.8, 4) is 0 Å². The molecule has 2 N–H and O–H groups in total. The molecule has 0 saturated carbocycles. The molecule has 0 aromatic carbocycles. The van der Waals surface area contributed by atoms with Gasteiger partial charge >= 0.3 is 17.9 Å². The molecule has 28 heavy (non-hydrogen) atoms. The summed E-state index contributed by atoms with van der Waals surface area (Å²) in [4.78, 5) is 38.9. The molecule has 4 atom stereocenters. The summed E-state index contributed by atoms with van der Waals surface area (Å²) in [6.07, 6.45) is -1.51. The summed E-state index contributed by atoms with van der Waals surface area (Å²) >= 11 is 0. The number of esters is 2. The van der Waals surface area contributed by atoms with Crippen LogP contribution >= 0.6 is 0 Å². The van der Waals surface area contributed by atoms with Gasteiger partial charge in [-0.15, -0.1) is 0 Å². The summed E-state index contributed by atoms with van der Waals surface area (Å²) in [6.45, 7) is 8.27. The minimum atomic E-state index is -1.12. The van der Waals surface area contributed by atoms with Gasteiger partial charge in [0, 0.05) is 6.54 Å². The van der Waals surface area contributed by atoms with Crippen molar-refractivity contribution < 1.29 is 28.7 Å². The summed E-state index contributed by atoms with van der Waals surface area (Å²) in [5, 5.41) is 11.3. The molecular weight excluding hydrogens is 372 g/mol. The zero-order chi connectivity index (χ0) is 21.2. The van der Waals surface area contributed by atoms with Crippen molar-refractivity contribution in [3.05, 3.63) is 22.5 Å². The fourth-order valence-corrected chi connectivity index (χ4v) is 2.61. The van der Waals surface area contributed by atoms with Gasteiger partial charge in [0.05, 0.1) is 11.3 Å². The van der Waals surface area contributed by atoms with Crippen molar-refractivity contribution in [1.29, 1.82) is 0 Å². The monoisotopic (exact) mass is 398 g/mol. The van der Waals surface area contributed by atoms with E-state index in [9.17, 15) is 19.7 Å². The lowest BCUT2D eigenvalue weighted by molar-refractivity contribution is -0.398. The Morgan fingerprint density at radius 3 is 2.50 bits per heavy atom. The summed E-state index contributed by atoms with van der Waals surface area (Å²) in [5.74, 6) is -2.05. The first-order chi connectivity index (χ1) is 13.0. The van der Waals surface area contributed by atoms with E-state index in [0.717, 1.165) is 4.57 Å². The van der Waals surface area contributed by atoms with Gasteiger partial charge in [0.25, 0.3) is 0 Å². The number of carbonyl (C=O) groups excluding carboxylic acids is 2. The predicted molar refractivity (Wildman–Crippen MR) is 95.9 cm³/mol. The van der Waals surface area contributed by atoms with Gasteiger partial charge in [-0.05, 0) is 25.7 Å². The molecule has 1 aromatic heterocycles. The first-order valence-corrected chi connectivity index (χ1v) is 8.91. The maximum absolute atomic E-state index is 12.4. The van der Waals surface area contributed by atoms with Gasteiger partial charge in [0.15, 0.2) is 12.2 Å². The zero-order valence-electron chi connectivity index (χ0n) is 16.5. The molecule has 0 bridgehead atoms. The van der Waals surface area contributed by atoms with E-state index in [4.69, 9.17) is 19.9 Å². The van der Waals surface area contributed by atoms with E-state index >= 15 is 0 Å². The van der Waals surface area contributed by atoms with E-state index in [2.05, 4.69) is 4.98 Å². The van der Waals surface area contributed by atoms with E-state index in [1.54, 1.807) is 34.6 Å². The lowest BCUT2D eigenvalue weighted by Crippen LogP contribution is -2.44. The molecule has 1 saturated heterocycles. The highest BCUT2D eigenvalue weighted by Gasteiger charge is 2.53. The van der Waals surface area contributed by atoms with E-state index in [1.165, 1.54) is 12.4 Å². The molecule has 1 aliphatic heterocycles. The maximum atomic E-state index is 12.4. The Hall–Kier alpha value is -2.53. The Labute approximate surface area is 162 Å². The van der Waals surface area contributed by atoms with Crippen molar-refractivity contribution in [2.75, 3.05) is 6.54 Å². The lowest BCUT2D eigenvalue weighted by Gasteiger charge is -2.27. The molecule has 156 valence electrons. The summed E-state index contributed by atoms with van der Waals surface area (Å²) < 4.78 is 18.0. The SMILES string of the molecule is CC(C)C(=O)O[C@H]1C(n2ccnc2[N+](=O)[O-])OC(CN)[C@@H]1OC(=O)C(C)(C)C. The highest BCUT2D eigenvalue weighted by molar-refractivity contribution is 5.76. The first kappa shape index (κ1) is 21.8. The van der Waals surface area contributed by atoms with Gasteiger partial charge in [-0.2, -0.15) is 4.57 Å². The number of imidazole rings is 1. The van der Waals surface area contributed by atoms with E-state index in [0.29, 0.717) is 0 Å². The van der Waals surface area contributed by atoms with Crippen LogP contribution in [-0.4, -0.2) is 51.3 Å². The second-order valence-corrected chi connectivity index (χ2v) is 7.87. The third-order valence-corrected chi connectivity index (χ3v) is 4.18. The standard InChI is InChI=1S/C17H26N4O7/c1-9(2)14(22)27-12-11(28-15(23)17(3,4)5)10(8-18)26-13(12)20-7-6-19-16(20)21(24)25/h6-7,9-13H,8,18H2,1-5H3/t10?,11-,12+,13?/m0/s1. The highest BCUT2D eigenvalue weighted by atomic mass is 16.7. The lowest BCUT2D eigenvalue weighted by atomic mass is 9.97. The third kappa shape index (κ3) is 4.47. The van der Waals surface area contributed by atoms with Crippen LogP contribution in [-0.2, 0) is 23.8 Å². The van der Waals surface area contributed by atoms with E-state index < -0.39 is 58.7 Å². The quantitative estimate of drug-likeness (QED) is 0.423. The second-order valence-electron chi connectivity index (χ2n) is 7.87. The van der Waals surface area contributed by atoms with Crippen molar-refractivity contribution >= 4 is 17.9 Å². The minimum Gasteiger partial charge on any atom is -0.455 e. The fourth-order valence-electron chi connectivity index (χ4n) is 2.61. The van der Waals surface area contributed by atoms with Crippen LogP contribution in [0.15, 0.2) is 12.4 Å². The van der Waals surface area contributed by atoms with Crippen molar-refractivity contribution in [1.82, 2.24) is 9.55 Å². The van der Waals surface area contributed by atoms with Gasteiger partial charge in [0.2, 0.25) is 6.23 Å². The average Bonchev–Trinajstić information content (AvgIpc) is 3.19. The van der Waals surface area contributed by atoms with Gasteiger partial charge < -0.3 is 30.1 Å². The van der Waals surface area contributed by atoms with Crippen LogP contribution in [0.25, 0.3) is 0 Å². The number of carbonyl (C=O) groups is 2. The number of nitrogens with two attached hydrogens (primary N) is 1. The van der Waals surface area contributed by atoms with Crippen molar-refractivity contribution in [2.24, 2.45) is 17.1 Å². The van der Waals surface area contributed by atoms with Crippen LogP contribution in [0.3, 0.4) is 0 Å². The second kappa shape index (κ2) is 8.23. The van der Waals surface area contributed by atoms with Gasteiger partial charge in [-0.3, -0.25) is 9.59 Å². The maximum Gasteiger partial charge on any atom is 0.436 e. The first-order valence-electron chi connectivity index (χ1n) is 8.91. The molecular formula is C17H26N4O7. The topological polar surface area (TPSA) is 149 Å². The number of aromatic nitrogens is 2. The van der Waals surface area contributed by atoms with Crippen LogP contribution in [0, 0.1) is 21.4 Å².